The van der Waals surface area contributed by atoms with Gasteiger partial charge in [0.15, 0.2) is 5.96 Å². The van der Waals surface area contributed by atoms with Crippen LogP contribution in [0.3, 0.4) is 0 Å². The third kappa shape index (κ3) is 6.89. The first kappa shape index (κ1) is 18.7. The van der Waals surface area contributed by atoms with Crippen LogP contribution in [0.1, 0.15) is 31.7 Å². The maximum absolute atomic E-state index is 5.78. The first-order valence-corrected chi connectivity index (χ1v) is 8.92. The first-order chi connectivity index (χ1) is 11.7. The zero-order chi connectivity index (χ0) is 17.1. The molecule has 2 N–H and O–H groups in total. The fraction of sp³-hybridized carbons (Fsp3) is 0.632. The molecule has 0 spiro atoms. The highest BCUT2D eigenvalue weighted by molar-refractivity contribution is 5.79. The Balaban J connectivity index is 1.49. The molecule has 0 saturated carbocycles. The molecule has 1 heterocycles. The van der Waals surface area contributed by atoms with Crippen LogP contribution in [0, 0.1) is 0 Å². The second-order valence-electron chi connectivity index (χ2n) is 6.46. The molecule has 2 rings (SSSR count). The van der Waals surface area contributed by atoms with Crippen LogP contribution >= 0.6 is 0 Å². The van der Waals surface area contributed by atoms with E-state index < -0.39 is 0 Å². The molecule has 0 bridgehead atoms. The maximum atomic E-state index is 5.78. The van der Waals surface area contributed by atoms with Crippen LogP contribution in [0.4, 0.5) is 0 Å². The highest BCUT2D eigenvalue weighted by atomic mass is 16.5. The zero-order valence-electron chi connectivity index (χ0n) is 15.0. The van der Waals surface area contributed by atoms with Gasteiger partial charge in [-0.25, -0.2) is 0 Å². The molecule has 5 nitrogen and oxygen atoms in total. The lowest BCUT2D eigenvalue weighted by Gasteiger charge is -2.24. The number of guanidine groups is 1. The fourth-order valence-corrected chi connectivity index (χ4v) is 2.79. The lowest BCUT2D eigenvalue weighted by molar-refractivity contribution is 0.0242. The topological polar surface area (TPSA) is 54.9 Å². The molecule has 5 heteroatoms. The van der Waals surface area contributed by atoms with Gasteiger partial charge in [0.05, 0.1) is 12.2 Å². The van der Waals surface area contributed by atoms with E-state index in [1.54, 1.807) is 7.05 Å². The summed E-state index contributed by atoms with van der Waals surface area (Å²) in [6.07, 6.45) is 4.18. The number of aliphatic imine (C=N–C) groups is 1. The lowest BCUT2D eigenvalue weighted by Crippen LogP contribution is -2.45. The van der Waals surface area contributed by atoms with E-state index in [1.165, 1.54) is 5.56 Å². The van der Waals surface area contributed by atoms with Gasteiger partial charge >= 0.3 is 0 Å². The molecule has 0 amide bonds. The van der Waals surface area contributed by atoms with Gasteiger partial charge in [-0.2, -0.15) is 0 Å². The predicted octanol–water partition coefficient (Wildman–Crippen LogP) is 2.37. The lowest BCUT2D eigenvalue weighted by atomic mass is 10.0. The molecule has 1 aliphatic rings. The monoisotopic (exact) mass is 333 g/mol. The van der Waals surface area contributed by atoms with E-state index in [0.29, 0.717) is 0 Å². The smallest absolute Gasteiger partial charge is 0.191 e. The molecule has 1 aromatic carbocycles. The molecule has 1 unspecified atom stereocenters. The van der Waals surface area contributed by atoms with Gasteiger partial charge in [0.2, 0.25) is 0 Å². The fourth-order valence-electron chi connectivity index (χ4n) is 2.79. The standard InChI is InChI=1S/C19H31N3O2/c1-19(11-6-14-24-19)16-22-18(20-2)21-12-7-13-23-15-10-17-8-4-3-5-9-17/h3-5,8-9H,6-7,10-16H2,1-2H3,(H2,20,21,22). The van der Waals surface area contributed by atoms with E-state index in [4.69, 9.17) is 9.47 Å². The zero-order valence-corrected chi connectivity index (χ0v) is 15.0. The van der Waals surface area contributed by atoms with Crippen molar-refractivity contribution >= 4 is 5.96 Å². The van der Waals surface area contributed by atoms with Crippen molar-refractivity contribution in [2.45, 2.75) is 38.2 Å². The van der Waals surface area contributed by atoms with Crippen LogP contribution < -0.4 is 10.6 Å². The van der Waals surface area contributed by atoms with Gasteiger partial charge in [0.1, 0.15) is 0 Å². The molecule has 134 valence electrons. The van der Waals surface area contributed by atoms with Crippen LogP contribution in [0.2, 0.25) is 0 Å². The minimum absolute atomic E-state index is 0.0574. The Kier molecular flexibility index (Phi) is 8.05. The van der Waals surface area contributed by atoms with E-state index in [-0.39, 0.29) is 5.60 Å². The maximum Gasteiger partial charge on any atom is 0.191 e. The Labute approximate surface area is 145 Å². The summed E-state index contributed by atoms with van der Waals surface area (Å²) in [6.45, 7) is 6.19. The average Bonchev–Trinajstić information content (AvgIpc) is 3.04. The van der Waals surface area contributed by atoms with Gasteiger partial charge in [0.25, 0.3) is 0 Å². The van der Waals surface area contributed by atoms with Crippen molar-refractivity contribution in [2.75, 3.05) is 40.0 Å². The van der Waals surface area contributed by atoms with Crippen LogP contribution in [-0.2, 0) is 15.9 Å². The van der Waals surface area contributed by atoms with E-state index in [0.717, 1.165) is 64.6 Å². The summed E-state index contributed by atoms with van der Waals surface area (Å²) in [4.78, 5) is 4.25. The molecule has 1 atom stereocenters. The van der Waals surface area contributed by atoms with Crippen molar-refractivity contribution in [3.05, 3.63) is 35.9 Å². The quantitative estimate of drug-likeness (QED) is 0.414. The number of nitrogens with one attached hydrogen (secondary N) is 2. The summed E-state index contributed by atoms with van der Waals surface area (Å²) in [5.74, 6) is 0.830. The average molecular weight is 333 g/mol. The number of ether oxygens (including phenoxy) is 2. The number of nitrogens with zero attached hydrogens (tertiary/aromatic N) is 1. The van der Waals surface area contributed by atoms with Crippen LogP contribution in [0.15, 0.2) is 35.3 Å². The minimum Gasteiger partial charge on any atom is -0.381 e. The van der Waals surface area contributed by atoms with Gasteiger partial charge in [-0.15, -0.1) is 0 Å². The Morgan fingerprint density at radius 3 is 2.79 bits per heavy atom. The van der Waals surface area contributed by atoms with E-state index in [2.05, 4.69) is 46.8 Å². The normalized spacial score (nSPS) is 21.0. The van der Waals surface area contributed by atoms with Crippen molar-refractivity contribution in [2.24, 2.45) is 4.99 Å². The van der Waals surface area contributed by atoms with Crippen molar-refractivity contribution in [1.82, 2.24) is 10.6 Å². The second-order valence-corrected chi connectivity index (χ2v) is 6.46. The van der Waals surface area contributed by atoms with Gasteiger partial charge in [-0.3, -0.25) is 4.99 Å². The molecular formula is C19H31N3O2. The van der Waals surface area contributed by atoms with Crippen molar-refractivity contribution in [3.63, 3.8) is 0 Å². The molecule has 1 saturated heterocycles. The Bertz CT molecular complexity index is 485. The molecule has 0 radical (unpaired) electrons. The van der Waals surface area contributed by atoms with E-state index >= 15 is 0 Å². The van der Waals surface area contributed by atoms with Crippen molar-refractivity contribution < 1.29 is 9.47 Å². The van der Waals surface area contributed by atoms with E-state index in [1.807, 2.05) is 6.07 Å². The van der Waals surface area contributed by atoms with E-state index in [9.17, 15) is 0 Å². The molecule has 1 fully saturated rings. The summed E-state index contributed by atoms with van der Waals surface area (Å²) >= 11 is 0. The van der Waals surface area contributed by atoms with Gasteiger partial charge in [0, 0.05) is 33.4 Å². The SMILES string of the molecule is CN=C(NCCCOCCc1ccccc1)NCC1(C)CCCO1. The first-order valence-electron chi connectivity index (χ1n) is 8.92. The largest absolute Gasteiger partial charge is 0.381 e. The molecule has 1 aromatic rings. The third-order valence-corrected chi connectivity index (χ3v) is 4.29. The summed E-state index contributed by atoms with van der Waals surface area (Å²) in [5.41, 5.74) is 1.26. The second kappa shape index (κ2) is 10.3. The number of benzene rings is 1. The molecule has 24 heavy (non-hydrogen) atoms. The van der Waals surface area contributed by atoms with Crippen molar-refractivity contribution in [1.29, 1.82) is 0 Å². The van der Waals surface area contributed by atoms with Crippen LogP contribution in [0.5, 0.6) is 0 Å². The summed E-state index contributed by atoms with van der Waals surface area (Å²) in [6, 6.07) is 10.4. The number of hydrogen-bond donors (Lipinski definition) is 2. The predicted molar refractivity (Wildman–Crippen MR) is 98.5 cm³/mol. The Morgan fingerprint density at radius 2 is 2.08 bits per heavy atom. The van der Waals surface area contributed by atoms with Gasteiger partial charge in [-0.05, 0) is 38.2 Å². The molecule has 0 aromatic heterocycles. The highest BCUT2D eigenvalue weighted by Crippen LogP contribution is 2.23. The summed E-state index contributed by atoms with van der Waals surface area (Å²) in [5, 5.41) is 6.67. The van der Waals surface area contributed by atoms with Gasteiger partial charge in [-0.1, -0.05) is 30.3 Å². The third-order valence-electron chi connectivity index (χ3n) is 4.29. The van der Waals surface area contributed by atoms with Gasteiger partial charge < -0.3 is 20.1 Å². The summed E-state index contributed by atoms with van der Waals surface area (Å²) < 4.78 is 11.5. The minimum atomic E-state index is -0.0574. The summed E-state index contributed by atoms with van der Waals surface area (Å²) in [7, 11) is 1.80. The number of rotatable bonds is 9. The highest BCUT2D eigenvalue weighted by Gasteiger charge is 2.29. The van der Waals surface area contributed by atoms with Crippen LogP contribution in [0.25, 0.3) is 0 Å². The molecular weight excluding hydrogens is 302 g/mol. The van der Waals surface area contributed by atoms with Crippen LogP contribution in [-0.4, -0.2) is 51.5 Å². The number of hydrogen-bond acceptors (Lipinski definition) is 3. The Hall–Kier alpha value is -1.59. The molecule has 1 aliphatic heterocycles. The van der Waals surface area contributed by atoms with Crippen molar-refractivity contribution in [3.8, 4) is 0 Å². The molecule has 0 aliphatic carbocycles. The Morgan fingerprint density at radius 1 is 1.25 bits per heavy atom.